The molecule has 2 bridgehead atoms. The lowest BCUT2D eigenvalue weighted by Crippen LogP contribution is -2.54. The Kier molecular flexibility index (Phi) is 4.65. The van der Waals surface area contributed by atoms with E-state index in [1.54, 1.807) is 6.07 Å². The molecular weight excluding hydrogens is 356 g/mol. The van der Waals surface area contributed by atoms with Gasteiger partial charge in [0.2, 0.25) is 5.91 Å². The van der Waals surface area contributed by atoms with E-state index in [9.17, 15) is 9.59 Å². The maximum absolute atomic E-state index is 13.1. The van der Waals surface area contributed by atoms with Crippen LogP contribution in [0.2, 0.25) is 0 Å². The summed E-state index contributed by atoms with van der Waals surface area (Å²) < 4.78 is 5.30. The first-order valence-electron chi connectivity index (χ1n) is 10.9. The van der Waals surface area contributed by atoms with Crippen molar-refractivity contribution in [1.29, 1.82) is 0 Å². The Morgan fingerprint density at radius 1 is 1.04 bits per heavy atom. The minimum Gasteiger partial charge on any atom is -0.360 e. The number of amides is 2. The molecule has 1 aromatic heterocycles. The second kappa shape index (κ2) is 7.17. The number of hydrogen-bond acceptors (Lipinski definition) is 5. The van der Waals surface area contributed by atoms with Crippen LogP contribution >= 0.6 is 0 Å². The zero-order valence-electron chi connectivity index (χ0n) is 16.3. The third kappa shape index (κ3) is 3.45. The molecule has 7 nitrogen and oxygen atoms in total. The zero-order valence-corrected chi connectivity index (χ0v) is 16.3. The topological polar surface area (TPSA) is 101 Å². The Balaban J connectivity index is 1.19. The van der Waals surface area contributed by atoms with Gasteiger partial charge in [-0.2, -0.15) is 0 Å². The van der Waals surface area contributed by atoms with Gasteiger partial charge in [-0.3, -0.25) is 9.59 Å². The fourth-order valence-electron chi connectivity index (χ4n) is 5.45. The van der Waals surface area contributed by atoms with Crippen molar-refractivity contribution < 1.29 is 14.1 Å². The van der Waals surface area contributed by atoms with Gasteiger partial charge in [0.1, 0.15) is 5.76 Å². The Hall–Kier alpha value is -1.89. The molecule has 4 aliphatic rings. The average molecular weight is 386 g/mol. The van der Waals surface area contributed by atoms with Gasteiger partial charge >= 0.3 is 0 Å². The smallest absolute Gasteiger partial charge is 0.273 e. The van der Waals surface area contributed by atoms with E-state index in [0.717, 1.165) is 70.0 Å². The number of aromatic nitrogens is 1. The lowest BCUT2D eigenvalue weighted by Gasteiger charge is -2.41. The SMILES string of the molecule is NC1CCC(C(=O)N2C3CCC2CC(NC(=O)c2cc(C4CC4)on2)C3)CC1. The number of nitrogens with zero attached hydrogens (tertiary/aromatic N) is 2. The fraction of sp³-hybridized carbons (Fsp3) is 0.762. The molecule has 2 unspecified atom stereocenters. The number of hydrogen-bond donors (Lipinski definition) is 2. The number of rotatable bonds is 4. The monoisotopic (exact) mass is 386 g/mol. The maximum atomic E-state index is 13.1. The molecule has 2 saturated carbocycles. The summed E-state index contributed by atoms with van der Waals surface area (Å²) in [7, 11) is 0. The molecule has 0 spiro atoms. The van der Waals surface area contributed by atoms with Gasteiger partial charge < -0.3 is 20.5 Å². The van der Waals surface area contributed by atoms with Crippen molar-refractivity contribution in [3.63, 3.8) is 0 Å². The highest BCUT2D eigenvalue weighted by atomic mass is 16.5. The first-order chi connectivity index (χ1) is 13.6. The fourth-order valence-corrected chi connectivity index (χ4v) is 5.45. The summed E-state index contributed by atoms with van der Waals surface area (Å²) >= 11 is 0. The number of nitrogens with two attached hydrogens (primary N) is 1. The van der Waals surface area contributed by atoms with Crippen LogP contribution in [0, 0.1) is 5.92 Å². The van der Waals surface area contributed by atoms with E-state index in [2.05, 4.69) is 15.4 Å². The molecule has 2 saturated heterocycles. The van der Waals surface area contributed by atoms with Gasteiger partial charge in [-0.25, -0.2) is 0 Å². The standard InChI is InChI=1S/C21H30N4O3/c22-14-5-3-13(4-6-14)21(27)25-16-7-8-17(25)10-15(9-16)23-20(26)18-11-19(28-24-18)12-1-2-12/h11-17H,1-10,22H2,(H,23,26). The first kappa shape index (κ1) is 18.2. The van der Waals surface area contributed by atoms with E-state index >= 15 is 0 Å². The van der Waals surface area contributed by atoms with Gasteiger partial charge in [0, 0.05) is 42.1 Å². The van der Waals surface area contributed by atoms with Crippen molar-refractivity contribution >= 4 is 11.8 Å². The molecule has 2 atom stereocenters. The Bertz CT molecular complexity index is 737. The molecule has 7 heteroatoms. The predicted octanol–water partition coefficient (Wildman–Crippen LogP) is 2.32. The average Bonchev–Trinajstić information content (AvgIpc) is 3.35. The molecule has 2 aliphatic carbocycles. The minimum absolute atomic E-state index is 0.106. The molecule has 3 heterocycles. The summed E-state index contributed by atoms with van der Waals surface area (Å²) in [5.74, 6) is 1.60. The summed E-state index contributed by atoms with van der Waals surface area (Å²) in [6.45, 7) is 0. The molecule has 0 aromatic carbocycles. The van der Waals surface area contributed by atoms with E-state index < -0.39 is 0 Å². The van der Waals surface area contributed by atoms with E-state index in [4.69, 9.17) is 10.3 Å². The number of fused-ring (bicyclic) bond motifs is 2. The van der Waals surface area contributed by atoms with Gasteiger partial charge in [-0.1, -0.05) is 5.16 Å². The van der Waals surface area contributed by atoms with Crippen molar-refractivity contribution in [3.8, 4) is 0 Å². The van der Waals surface area contributed by atoms with Crippen LogP contribution in [0.4, 0.5) is 0 Å². The molecule has 28 heavy (non-hydrogen) atoms. The van der Waals surface area contributed by atoms with Crippen molar-refractivity contribution in [1.82, 2.24) is 15.4 Å². The molecule has 4 fully saturated rings. The van der Waals surface area contributed by atoms with Crippen LogP contribution in [0.5, 0.6) is 0 Å². The van der Waals surface area contributed by atoms with Crippen LogP contribution in [0.3, 0.4) is 0 Å². The largest absolute Gasteiger partial charge is 0.360 e. The van der Waals surface area contributed by atoms with Gasteiger partial charge in [0.15, 0.2) is 5.69 Å². The van der Waals surface area contributed by atoms with Crippen molar-refractivity contribution in [2.24, 2.45) is 11.7 Å². The third-order valence-electron chi connectivity index (χ3n) is 7.18. The van der Waals surface area contributed by atoms with Crippen molar-refractivity contribution in [3.05, 3.63) is 17.5 Å². The number of piperidine rings is 1. The predicted molar refractivity (Wildman–Crippen MR) is 103 cm³/mol. The highest BCUT2D eigenvalue weighted by Gasteiger charge is 2.45. The van der Waals surface area contributed by atoms with Gasteiger partial charge in [-0.15, -0.1) is 0 Å². The first-order valence-corrected chi connectivity index (χ1v) is 10.9. The van der Waals surface area contributed by atoms with Crippen LogP contribution in [0.25, 0.3) is 0 Å². The van der Waals surface area contributed by atoms with E-state index in [0.29, 0.717) is 17.5 Å². The quantitative estimate of drug-likeness (QED) is 0.827. The molecule has 2 aliphatic heterocycles. The van der Waals surface area contributed by atoms with Gasteiger partial charge in [-0.05, 0) is 64.2 Å². The van der Waals surface area contributed by atoms with Crippen LogP contribution in [-0.4, -0.2) is 46.0 Å². The maximum Gasteiger partial charge on any atom is 0.273 e. The summed E-state index contributed by atoms with van der Waals surface area (Å²) in [5, 5.41) is 7.08. The van der Waals surface area contributed by atoms with Crippen LogP contribution < -0.4 is 11.1 Å². The van der Waals surface area contributed by atoms with Crippen LogP contribution in [-0.2, 0) is 4.79 Å². The number of carbonyl (C=O) groups excluding carboxylic acids is 2. The third-order valence-corrected chi connectivity index (χ3v) is 7.18. The second-order valence-electron chi connectivity index (χ2n) is 9.27. The Morgan fingerprint density at radius 2 is 1.71 bits per heavy atom. The van der Waals surface area contributed by atoms with Crippen molar-refractivity contribution in [2.45, 2.75) is 94.3 Å². The van der Waals surface area contributed by atoms with Crippen molar-refractivity contribution in [2.75, 3.05) is 0 Å². The zero-order chi connectivity index (χ0) is 19.3. The lowest BCUT2D eigenvalue weighted by atomic mass is 9.84. The minimum atomic E-state index is -0.152. The van der Waals surface area contributed by atoms with Crippen LogP contribution in [0.1, 0.15) is 86.4 Å². The molecule has 0 radical (unpaired) electrons. The summed E-state index contributed by atoms with van der Waals surface area (Å²) in [6, 6.07) is 2.67. The molecule has 2 amide bonds. The normalized spacial score (nSPS) is 35.0. The Labute approximate surface area is 165 Å². The molecule has 5 rings (SSSR count). The number of carbonyl (C=O) groups is 2. The van der Waals surface area contributed by atoms with E-state index in [-0.39, 0.29) is 36.0 Å². The number of nitrogens with one attached hydrogen (secondary N) is 1. The highest BCUT2D eigenvalue weighted by molar-refractivity contribution is 5.92. The lowest BCUT2D eigenvalue weighted by molar-refractivity contribution is -0.141. The second-order valence-corrected chi connectivity index (χ2v) is 9.27. The summed E-state index contributed by atoms with van der Waals surface area (Å²) in [6.07, 6.45) is 9.78. The Morgan fingerprint density at radius 3 is 2.36 bits per heavy atom. The van der Waals surface area contributed by atoms with Gasteiger partial charge in [0.25, 0.3) is 5.91 Å². The van der Waals surface area contributed by atoms with Gasteiger partial charge in [0.05, 0.1) is 0 Å². The molecule has 152 valence electrons. The molecular formula is C21H30N4O3. The van der Waals surface area contributed by atoms with Crippen LogP contribution in [0.15, 0.2) is 10.6 Å². The summed E-state index contributed by atoms with van der Waals surface area (Å²) in [4.78, 5) is 27.8. The van der Waals surface area contributed by atoms with E-state index in [1.807, 2.05) is 0 Å². The summed E-state index contributed by atoms with van der Waals surface area (Å²) in [5.41, 5.74) is 6.38. The molecule has 3 N–H and O–H groups in total. The van der Waals surface area contributed by atoms with E-state index in [1.165, 1.54) is 0 Å². The molecule has 1 aromatic rings. The highest BCUT2D eigenvalue weighted by Crippen LogP contribution is 2.41.